The van der Waals surface area contributed by atoms with Crippen molar-refractivity contribution in [1.29, 1.82) is 0 Å². The van der Waals surface area contributed by atoms with Crippen LogP contribution in [0.5, 0.6) is 0 Å². The third-order valence-electron chi connectivity index (χ3n) is 1.14. The van der Waals surface area contributed by atoms with Gasteiger partial charge < -0.3 is 10.4 Å². The van der Waals surface area contributed by atoms with Crippen LogP contribution in [-0.2, 0) is 11.4 Å². The maximum atomic E-state index is 11.1. The molecular formula is C6H6IN3OS. The quantitative estimate of drug-likeness (QED) is 0.296. The Kier molecular flexibility index (Phi) is 3.76. The molecule has 0 heterocycles. The number of rotatable bonds is 2. The van der Waals surface area contributed by atoms with Gasteiger partial charge in [0, 0.05) is 3.57 Å². The molecule has 64 valence electrons. The zero-order valence-corrected chi connectivity index (χ0v) is 8.95. The van der Waals surface area contributed by atoms with Crippen molar-refractivity contribution in [2.45, 2.75) is 4.90 Å². The standard InChI is InChI=1S/C6H6IN3OS/c7-5-1-3-6(4-2-5)12(11)10-9-8/h1-4H,(H2,8,10). The van der Waals surface area contributed by atoms with Gasteiger partial charge in [-0.25, -0.2) is 0 Å². The molecule has 0 radical (unpaired) electrons. The highest BCUT2D eigenvalue weighted by atomic mass is 127. The van der Waals surface area contributed by atoms with E-state index in [1.54, 1.807) is 12.1 Å². The van der Waals surface area contributed by atoms with E-state index >= 15 is 0 Å². The molecule has 1 aromatic carbocycles. The van der Waals surface area contributed by atoms with Gasteiger partial charge in [-0.1, -0.05) is 0 Å². The number of halogens is 1. The molecule has 1 aromatic rings. The fourth-order valence-electron chi connectivity index (χ4n) is 0.641. The highest BCUT2D eigenvalue weighted by molar-refractivity contribution is 14.1. The summed E-state index contributed by atoms with van der Waals surface area (Å²) in [5.41, 5.74) is 0. The third-order valence-corrected chi connectivity index (χ3v) is 2.77. The maximum absolute atomic E-state index is 11.1. The molecule has 0 saturated heterocycles. The summed E-state index contributed by atoms with van der Waals surface area (Å²) in [5.74, 6) is 4.76. The van der Waals surface area contributed by atoms with E-state index < -0.39 is 11.4 Å². The molecule has 1 unspecified atom stereocenters. The van der Waals surface area contributed by atoms with Gasteiger partial charge in [-0.2, -0.15) is 0 Å². The SMILES string of the molecule is NN=N[S+]([O-])c1ccc(I)cc1. The molecule has 4 nitrogen and oxygen atoms in total. The Balaban J connectivity index is 2.82. The van der Waals surface area contributed by atoms with Gasteiger partial charge in [-0.05, 0) is 52.1 Å². The van der Waals surface area contributed by atoms with Crippen LogP contribution in [0.15, 0.2) is 38.9 Å². The van der Waals surface area contributed by atoms with Crippen molar-refractivity contribution in [2.24, 2.45) is 15.6 Å². The van der Waals surface area contributed by atoms with Crippen LogP contribution in [0, 0.1) is 3.57 Å². The number of nitrogens with two attached hydrogens (primary N) is 1. The zero-order valence-electron chi connectivity index (χ0n) is 5.98. The summed E-state index contributed by atoms with van der Waals surface area (Å²) in [6.07, 6.45) is 0. The lowest BCUT2D eigenvalue weighted by atomic mass is 10.4. The second kappa shape index (κ2) is 4.63. The van der Waals surface area contributed by atoms with Gasteiger partial charge in [-0.15, -0.1) is 0 Å². The molecule has 1 atom stereocenters. The molecule has 0 aliphatic rings. The van der Waals surface area contributed by atoms with E-state index in [9.17, 15) is 4.55 Å². The summed E-state index contributed by atoms with van der Waals surface area (Å²) in [6, 6.07) is 7.15. The Hall–Kier alpha value is -0.340. The average Bonchev–Trinajstić information content (AvgIpc) is 2.06. The van der Waals surface area contributed by atoms with Crippen molar-refractivity contribution in [3.63, 3.8) is 0 Å². The van der Waals surface area contributed by atoms with Gasteiger partial charge in [0.2, 0.25) is 0 Å². The first-order valence-corrected chi connectivity index (χ1v) is 5.21. The molecule has 0 saturated carbocycles. The highest BCUT2D eigenvalue weighted by Gasteiger charge is 2.08. The number of hydrogen-bond acceptors (Lipinski definition) is 3. The van der Waals surface area contributed by atoms with Gasteiger partial charge in [0.1, 0.15) is 0 Å². The predicted molar refractivity (Wildman–Crippen MR) is 54.6 cm³/mol. The molecule has 0 aliphatic heterocycles. The Labute approximate surface area is 86.7 Å². The van der Waals surface area contributed by atoms with Crippen molar-refractivity contribution >= 4 is 34.0 Å². The van der Waals surface area contributed by atoms with Gasteiger partial charge >= 0.3 is 0 Å². The molecule has 2 N–H and O–H groups in total. The van der Waals surface area contributed by atoms with E-state index in [-0.39, 0.29) is 0 Å². The monoisotopic (exact) mass is 295 g/mol. The van der Waals surface area contributed by atoms with Gasteiger partial charge in [-0.3, -0.25) is 0 Å². The van der Waals surface area contributed by atoms with Crippen LogP contribution in [0.2, 0.25) is 0 Å². The second-order valence-electron chi connectivity index (χ2n) is 1.90. The summed E-state index contributed by atoms with van der Waals surface area (Å²) < 4.78 is 15.5. The van der Waals surface area contributed by atoms with Gasteiger partial charge in [0.25, 0.3) is 0 Å². The minimum Gasteiger partial charge on any atom is -0.585 e. The predicted octanol–water partition coefficient (Wildman–Crippen LogP) is 1.64. The van der Waals surface area contributed by atoms with Crippen molar-refractivity contribution in [3.05, 3.63) is 27.8 Å². The first-order valence-electron chi connectivity index (χ1n) is 3.02. The zero-order chi connectivity index (χ0) is 8.97. The molecule has 12 heavy (non-hydrogen) atoms. The first-order chi connectivity index (χ1) is 5.74. The van der Waals surface area contributed by atoms with Crippen LogP contribution >= 0.6 is 22.6 Å². The van der Waals surface area contributed by atoms with Crippen molar-refractivity contribution in [1.82, 2.24) is 0 Å². The van der Waals surface area contributed by atoms with Gasteiger partial charge in [0.05, 0.1) is 4.52 Å². The Morgan fingerprint density at radius 3 is 2.42 bits per heavy atom. The minimum absolute atomic E-state index is 0.601. The lowest BCUT2D eigenvalue weighted by Crippen LogP contribution is -1.96. The van der Waals surface area contributed by atoms with Crippen molar-refractivity contribution in [3.8, 4) is 0 Å². The smallest absolute Gasteiger partial charge is 0.184 e. The van der Waals surface area contributed by atoms with Crippen LogP contribution in [-0.4, -0.2) is 4.55 Å². The maximum Gasteiger partial charge on any atom is 0.184 e. The lowest BCUT2D eigenvalue weighted by molar-refractivity contribution is 0.593. The van der Waals surface area contributed by atoms with E-state index in [0.717, 1.165) is 3.57 Å². The number of nitrogens with zero attached hydrogens (tertiary/aromatic N) is 2. The van der Waals surface area contributed by atoms with E-state index in [1.807, 2.05) is 12.1 Å². The summed E-state index contributed by atoms with van der Waals surface area (Å²) >= 11 is 0.702. The first kappa shape index (κ1) is 9.75. The minimum atomic E-state index is -1.46. The van der Waals surface area contributed by atoms with Crippen LogP contribution in [0.25, 0.3) is 0 Å². The average molecular weight is 295 g/mol. The second-order valence-corrected chi connectivity index (χ2v) is 4.28. The molecule has 0 bridgehead atoms. The lowest BCUT2D eigenvalue weighted by Gasteiger charge is -1.99. The fraction of sp³-hybridized carbons (Fsp3) is 0. The Morgan fingerprint density at radius 1 is 1.33 bits per heavy atom. The Morgan fingerprint density at radius 2 is 1.92 bits per heavy atom. The summed E-state index contributed by atoms with van der Waals surface area (Å²) in [5, 5.41) is 2.96. The normalized spacial score (nSPS) is 13.5. The van der Waals surface area contributed by atoms with Crippen LogP contribution in [0.3, 0.4) is 0 Å². The molecule has 0 spiro atoms. The van der Waals surface area contributed by atoms with Crippen LogP contribution in [0.1, 0.15) is 0 Å². The molecular weight excluding hydrogens is 289 g/mol. The molecule has 1 rings (SSSR count). The van der Waals surface area contributed by atoms with E-state index in [2.05, 4.69) is 32.3 Å². The summed E-state index contributed by atoms with van der Waals surface area (Å²) in [4.78, 5) is 0.601. The third kappa shape index (κ3) is 2.61. The topological polar surface area (TPSA) is 73.8 Å². The van der Waals surface area contributed by atoms with E-state index in [0.29, 0.717) is 4.90 Å². The molecule has 0 amide bonds. The fourth-order valence-corrected chi connectivity index (χ4v) is 1.55. The summed E-state index contributed by atoms with van der Waals surface area (Å²) in [6.45, 7) is 0. The molecule has 0 fully saturated rings. The highest BCUT2D eigenvalue weighted by Crippen LogP contribution is 2.14. The molecule has 0 aliphatic carbocycles. The summed E-state index contributed by atoms with van der Waals surface area (Å²) in [7, 11) is 0. The number of hydrogen-bond donors (Lipinski definition) is 1. The number of benzene rings is 1. The van der Waals surface area contributed by atoms with Crippen LogP contribution < -0.4 is 5.84 Å². The molecule has 6 heteroatoms. The van der Waals surface area contributed by atoms with Crippen LogP contribution in [0.4, 0.5) is 0 Å². The molecule has 0 aromatic heterocycles. The Bertz CT molecular complexity index is 277. The van der Waals surface area contributed by atoms with Crippen molar-refractivity contribution in [2.75, 3.05) is 0 Å². The van der Waals surface area contributed by atoms with Gasteiger partial charge in [0.15, 0.2) is 16.3 Å². The van der Waals surface area contributed by atoms with Crippen molar-refractivity contribution < 1.29 is 4.55 Å². The van der Waals surface area contributed by atoms with E-state index in [4.69, 9.17) is 5.84 Å². The largest absolute Gasteiger partial charge is 0.585 e. The van der Waals surface area contributed by atoms with E-state index in [1.165, 1.54) is 0 Å².